The number of hydrogen-bond donors (Lipinski definition) is 1. The first kappa shape index (κ1) is 101. The monoisotopic (exact) mass is 1370 g/mol. The van der Waals surface area contributed by atoms with Crippen molar-refractivity contribution in [2.75, 3.05) is 39.1 Å². The standard InChI is InChI=1S/C13H15N.C13H21N.C11H17NO.C11H17N.C10H16N2.C8H17NO.C6H11F3.C6H14.C5H12.3CH4/c1-13(2,3)11-8-10-6-4-5-7-12(10)14-9-11;1-9(2)14-8-10(3)12(11(14)4)13(5,6)7;1-8-9(11(2,3)4)6-7-10(12-8)13-5;1-8-6-7-10(9(2)12-8)11(3,4)5;1-7-8(10(2,3)4)5-6-9(11)12-7;1-8(2,3)9-4-6-10-7-5-9;1-5(2,3)4-6(7,8)9;1-5-6(2,3)4;1-5(2,3)4;;;/h4-9H,1-3H3;8H,1H2,2-7H3;6-7H,1-5H3;6-7H,1-5H3;5-6H,1-4H3,(H2,11,12);4-7H2,1-3H3;4H2,1-3H3;5H2,1-4H3;1-4H3;3*1H4. The number of anilines is 1. The van der Waals surface area contributed by atoms with E-state index in [4.69, 9.17) is 15.2 Å². The first-order valence-electron chi connectivity index (χ1n) is 34.3. The molecule has 98 heavy (non-hydrogen) atoms. The summed E-state index contributed by atoms with van der Waals surface area (Å²) in [5.41, 5.74) is 23.0. The highest BCUT2D eigenvalue weighted by atomic mass is 19.4. The van der Waals surface area contributed by atoms with Gasteiger partial charge in [0.05, 0.1) is 25.8 Å². The van der Waals surface area contributed by atoms with Crippen LogP contribution in [0.2, 0.25) is 0 Å². The summed E-state index contributed by atoms with van der Waals surface area (Å²) in [5.74, 6) is 1.28. The van der Waals surface area contributed by atoms with Crippen LogP contribution in [0.15, 0.2) is 85.7 Å². The molecule has 2 N–H and O–H groups in total. The third kappa shape index (κ3) is 43.8. The van der Waals surface area contributed by atoms with Crippen LogP contribution in [-0.2, 0) is 31.8 Å². The Labute approximate surface area is 603 Å². The first-order valence-corrected chi connectivity index (χ1v) is 34.3. The SMILES string of the molecule is C.C.C.C=C(C)n1cc(C)c(C(C)(C)C)c1C.CC(C)(C)C.CC(C)(C)CC(F)(F)F.CC(C)(C)N1CCOCC1.CC(C)(C)c1cnc2ccccc2c1.CCC(C)(C)C.COc1ccc(C(C)(C)C)c(C)n1.Cc1ccc(C(C)(C)C)c(C)n1.Cc1nc(N)ccc1C(C)(C)C. The number of alkyl halides is 3. The number of rotatable bonds is 2. The van der Waals surface area contributed by atoms with E-state index in [1.165, 1.54) is 50.9 Å². The van der Waals surface area contributed by atoms with Crippen molar-refractivity contribution in [1.82, 2.24) is 29.4 Å². The van der Waals surface area contributed by atoms with Crippen molar-refractivity contribution in [1.29, 1.82) is 0 Å². The van der Waals surface area contributed by atoms with Gasteiger partial charge in [0.2, 0.25) is 5.88 Å². The summed E-state index contributed by atoms with van der Waals surface area (Å²) in [4.78, 5) is 19.9. The number of halogens is 3. The van der Waals surface area contributed by atoms with Crippen LogP contribution < -0.4 is 10.5 Å². The van der Waals surface area contributed by atoms with Gasteiger partial charge in [-0.05, 0) is 170 Å². The molecule has 0 bridgehead atoms. The predicted octanol–water partition coefficient (Wildman–Crippen LogP) is 25.9. The van der Waals surface area contributed by atoms with E-state index in [9.17, 15) is 13.2 Å². The molecule has 6 aromatic rings. The minimum absolute atomic E-state index is 0. The molecule has 1 aliphatic heterocycles. The number of pyridine rings is 4. The molecule has 564 valence electrons. The van der Waals surface area contributed by atoms with Gasteiger partial charge < -0.3 is 19.8 Å². The third-order valence-electron chi connectivity index (χ3n) is 14.8. The molecule has 12 heteroatoms. The van der Waals surface area contributed by atoms with Crippen LogP contribution in [-0.4, -0.2) is 74.5 Å². The molecule has 5 aromatic heterocycles. The summed E-state index contributed by atoms with van der Waals surface area (Å²) < 4.78 is 47.1. The third-order valence-corrected chi connectivity index (χ3v) is 14.8. The fourth-order valence-electron chi connectivity index (χ4n) is 9.91. The molecule has 6 heterocycles. The number of ether oxygens (including phenoxy) is 2. The summed E-state index contributed by atoms with van der Waals surface area (Å²) in [5, 5.41) is 1.22. The maximum Gasteiger partial charge on any atom is 0.389 e. The predicted molar refractivity (Wildman–Crippen MR) is 430 cm³/mol. The quantitative estimate of drug-likeness (QED) is 0.183. The van der Waals surface area contributed by atoms with Gasteiger partial charge in [-0.15, -0.1) is 0 Å². The number of allylic oxidation sites excluding steroid dienone is 1. The average Bonchev–Trinajstić information content (AvgIpc) is 1.57. The molecule has 0 spiro atoms. The van der Waals surface area contributed by atoms with E-state index >= 15 is 0 Å². The smallest absolute Gasteiger partial charge is 0.389 e. The molecule has 1 fully saturated rings. The number of aromatic nitrogens is 5. The van der Waals surface area contributed by atoms with Gasteiger partial charge in [-0.25, -0.2) is 9.97 Å². The van der Waals surface area contributed by atoms with Crippen LogP contribution in [0, 0.1) is 57.8 Å². The fourth-order valence-corrected chi connectivity index (χ4v) is 9.91. The van der Waals surface area contributed by atoms with E-state index in [-0.39, 0.29) is 49.4 Å². The highest BCUT2D eigenvalue weighted by Crippen LogP contribution is 2.34. The Balaban J connectivity index is -0.000000334. The number of para-hydroxylation sites is 1. The summed E-state index contributed by atoms with van der Waals surface area (Å²) in [6.07, 6.45) is 0.700. The van der Waals surface area contributed by atoms with E-state index in [1.54, 1.807) is 27.9 Å². The minimum atomic E-state index is -4.02. The number of hydrogen-bond acceptors (Lipinski definition) is 8. The van der Waals surface area contributed by atoms with Crippen molar-refractivity contribution in [3.8, 4) is 5.88 Å². The molecule has 1 aliphatic rings. The Morgan fingerprint density at radius 3 is 1.27 bits per heavy atom. The van der Waals surface area contributed by atoms with Gasteiger partial charge in [-0.1, -0.05) is 252 Å². The zero-order valence-corrected chi connectivity index (χ0v) is 67.7. The maximum absolute atomic E-state index is 11.6. The van der Waals surface area contributed by atoms with Gasteiger partial charge in [0.15, 0.2) is 0 Å². The van der Waals surface area contributed by atoms with E-state index < -0.39 is 18.0 Å². The zero-order chi connectivity index (χ0) is 75.1. The summed E-state index contributed by atoms with van der Waals surface area (Å²) in [7, 11) is 1.64. The molecule has 0 radical (unpaired) electrons. The second-order valence-electron chi connectivity index (χ2n) is 35.5. The topological polar surface area (TPSA) is 104 Å². The average molecular weight is 1370 g/mol. The van der Waals surface area contributed by atoms with Crippen molar-refractivity contribution in [2.24, 2.45) is 16.2 Å². The van der Waals surface area contributed by atoms with Gasteiger partial charge in [-0.2, -0.15) is 13.2 Å². The number of fused-ring (bicyclic) bond motifs is 1. The molecular weight excluding hydrogens is 1220 g/mol. The lowest BCUT2D eigenvalue weighted by Gasteiger charge is -2.38. The van der Waals surface area contributed by atoms with Crippen molar-refractivity contribution < 1.29 is 22.6 Å². The fraction of sp³-hybridized carbons (Fsp3) is 0.651. The van der Waals surface area contributed by atoms with Gasteiger partial charge in [0.1, 0.15) is 5.82 Å². The normalized spacial score (nSPS) is 12.8. The molecule has 7 rings (SSSR count). The maximum atomic E-state index is 11.6. The molecule has 0 unspecified atom stereocenters. The van der Waals surface area contributed by atoms with E-state index in [0.29, 0.717) is 28.1 Å². The lowest BCUT2D eigenvalue weighted by molar-refractivity contribution is -0.152. The lowest BCUT2D eigenvalue weighted by atomic mass is 9.85. The number of benzene rings is 1. The Kier molecular flexibility index (Phi) is 43.3. The van der Waals surface area contributed by atoms with Crippen molar-refractivity contribution in [3.63, 3.8) is 0 Å². The van der Waals surface area contributed by atoms with E-state index in [1.807, 2.05) is 58.2 Å². The Morgan fingerprint density at radius 1 is 0.561 bits per heavy atom. The lowest BCUT2D eigenvalue weighted by Crippen LogP contribution is -2.47. The van der Waals surface area contributed by atoms with Crippen molar-refractivity contribution >= 4 is 22.4 Å². The van der Waals surface area contributed by atoms with Gasteiger partial charge in [-0.3, -0.25) is 14.9 Å². The Morgan fingerprint density at radius 2 is 0.969 bits per heavy atom. The second kappa shape index (κ2) is 42.0. The Hall–Kier alpha value is -5.59. The molecule has 9 nitrogen and oxygen atoms in total. The molecule has 0 amide bonds. The Bertz CT molecular complexity index is 3110. The van der Waals surface area contributed by atoms with Crippen LogP contribution >= 0.6 is 0 Å². The van der Waals surface area contributed by atoms with Gasteiger partial charge in [0.25, 0.3) is 0 Å². The van der Waals surface area contributed by atoms with Crippen LogP contribution in [0.5, 0.6) is 5.88 Å². The van der Waals surface area contributed by atoms with Crippen molar-refractivity contribution in [3.05, 3.63) is 148 Å². The molecular formula is C86H152F3N7O2. The molecule has 0 saturated carbocycles. The molecule has 0 aliphatic carbocycles. The number of nitrogens with zero attached hydrogens (tertiary/aromatic N) is 6. The summed E-state index contributed by atoms with van der Waals surface area (Å²) in [6, 6.07) is 22.6. The van der Waals surface area contributed by atoms with E-state index in [0.717, 1.165) is 60.3 Å². The van der Waals surface area contributed by atoms with E-state index in [2.05, 4.69) is 285 Å². The van der Waals surface area contributed by atoms with Crippen LogP contribution in [0.3, 0.4) is 0 Å². The number of nitrogen functional groups attached to an aromatic ring is 1. The highest BCUT2D eigenvalue weighted by Gasteiger charge is 2.33. The molecule has 0 atom stereocenters. The highest BCUT2D eigenvalue weighted by molar-refractivity contribution is 5.79. The minimum Gasteiger partial charge on any atom is -0.481 e. The number of aryl methyl sites for hydroxylation is 5. The number of nitrogens with two attached hydrogens (primary N) is 1. The van der Waals surface area contributed by atoms with Crippen LogP contribution in [0.4, 0.5) is 19.0 Å². The second-order valence-corrected chi connectivity index (χ2v) is 35.5. The number of morpholine rings is 1. The van der Waals surface area contributed by atoms with Gasteiger partial charge in [0, 0.05) is 83.1 Å². The number of methoxy groups -OCH3 is 1. The molecule has 1 aromatic carbocycles. The first-order chi connectivity index (χ1) is 42.5. The van der Waals surface area contributed by atoms with Gasteiger partial charge >= 0.3 is 6.18 Å². The van der Waals surface area contributed by atoms with Crippen LogP contribution in [0.25, 0.3) is 16.6 Å². The zero-order valence-electron chi connectivity index (χ0n) is 67.7. The van der Waals surface area contributed by atoms with Crippen molar-refractivity contribution in [2.45, 2.75) is 323 Å². The molecule has 1 saturated heterocycles. The van der Waals surface area contributed by atoms with Crippen LogP contribution in [0.1, 0.15) is 305 Å². The largest absolute Gasteiger partial charge is 0.481 e. The summed E-state index contributed by atoms with van der Waals surface area (Å²) >= 11 is 0. The summed E-state index contributed by atoms with van der Waals surface area (Å²) in [6.45, 7) is 84.7.